The molecule has 0 radical (unpaired) electrons. The van der Waals surface area contributed by atoms with Crippen molar-refractivity contribution in [3.05, 3.63) is 59.2 Å². The molecule has 1 aliphatic rings. The summed E-state index contributed by atoms with van der Waals surface area (Å²) < 4.78 is 38.2. The van der Waals surface area contributed by atoms with Crippen LogP contribution in [0.2, 0.25) is 0 Å². The van der Waals surface area contributed by atoms with E-state index in [1.54, 1.807) is 12.1 Å². The maximum Gasteiger partial charge on any atom is 0.416 e. The molecule has 0 bridgehead atoms. The fourth-order valence-corrected chi connectivity index (χ4v) is 3.97. The molecule has 0 aliphatic heterocycles. The van der Waals surface area contributed by atoms with E-state index in [0.717, 1.165) is 36.2 Å². The number of hydrogen-bond acceptors (Lipinski definition) is 1. The van der Waals surface area contributed by atoms with Gasteiger partial charge < -0.3 is 5.32 Å². The van der Waals surface area contributed by atoms with Crippen LogP contribution in [0.25, 0.3) is 11.1 Å². The van der Waals surface area contributed by atoms with E-state index < -0.39 is 11.7 Å². The largest absolute Gasteiger partial charge is 0.416 e. The van der Waals surface area contributed by atoms with Crippen LogP contribution in [-0.2, 0) is 6.18 Å². The van der Waals surface area contributed by atoms with E-state index in [9.17, 15) is 13.2 Å². The number of alkyl halides is 3. The monoisotopic (exact) mass is 347 g/mol. The van der Waals surface area contributed by atoms with Crippen LogP contribution in [0.5, 0.6) is 0 Å². The molecule has 3 atom stereocenters. The van der Waals surface area contributed by atoms with Crippen LogP contribution in [0.1, 0.15) is 48.8 Å². The van der Waals surface area contributed by atoms with Crippen LogP contribution in [0.15, 0.2) is 42.5 Å². The summed E-state index contributed by atoms with van der Waals surface area (Å²) in [4.78, 5) is 0. The van der Waals surface area contributed by atoms with Gasteiger partial charge in [-0.1, -0.05) is 44.2 Å². The molecule has 2 aromatic carbocycles. The lowest BCUT2D eigenvalue weighted by Gasteiger charge is -2.18. The zero-order chi connectivity index (χ0) is 18.2. The minimum Gasteiger partial charge on any atom is -0.320 e. The van der Waals surface area contributed by atoms with Crippen LogP contribution >= 0.6 is 0 Å². The first-order chi connectivity index (χ1) is 11.8. The molecule has 25 heavy (non-hydrogen) atoms. The minimum absolute atomic E-state index is 0.464. The van der Waals surface area contributed by atoms with Gasteiger partial charge in [0.1, 0.15) is 0 Å². The van der Waals surface area contributed by atoms with Gasteiger partial charge in [0.2, 0.25) is 0 Å². The molecule has 1 N–H and O–H groups in total. The molecule has 0 fully saturated rings. The molecule has 1 aliphatic carbocycles. The average molecular weight is 347 g/mol. The Morgan fingerprint density at radius 3 is 2.16 bits per heavy atom. The van der Waals surface area contributed by atoms with Crippen molar-refractivity contribution in [1.82, 2.24) is 5.32 Å². The molecule has 134 valence electrons. The number of benzene rings is 2. The number of hydrogen-bond donors (Lipinski definition) is 1. The number of rotatable bonds is 4. The Labute approximate surface area is 147 Å². The molecule has 0 aromatic heterocycles. The maximum absolute atomic E-state index is 12.7. The van der Waals surface area contributed by atoms with Crippen LogP contribution in [0, 0.1) is 5.92 Å². The third-order valence-electron chi connectivity index (χ3n) is 5.65. The highest BCUT2D eigenvalue weighted by Gasteiger charge is 2.35. The Morgan fingerprint density at radius 1 is 0.920 bits per heavy atom. The standard InChI is InChI=1S/C21H24F3N/c1-13-14(2)20-12-16(6-9-19(20)18(13)10-11-25-3)15-4-7-17(8-5-15)21(22,23)24/h4-9,12-14,18,25H,10-11H2,1-3H3/t13-,14?,18?/m1/s1. The lowest BCUT2D eigenvalue weighted by Crippen LogP contribution is -2.15. The second-order valence-corrected chi connectivity index (χ2v) is 7.07. The highest BCUT2D eigenvalue weighted by molar-refractivity contribution is 5.66. The average Bonchev–Trinajstić information content (AvgIpc) is 2.83. The summed E-state index contributed by atoms with van der Waals surface area (Å²) in [6, 6.07) is 11.8. The number of halogens is 3. The number of fused-ring (bicyclic) bond motifs is 1. The molecule has 3 rings (SSSR count). The topological polar surface area (TPSA) is 12.0 Å². The van der Waals surface area contributed by atoms with Gasteiger partial charge >= 0.3 is 6.18 Å². The van der Waals surface area contributed by atoms with Crippen molar-refractivity contribution < 1.29 is 13.2 Å². The molecule has 1 nitrogen and oxygen atoms in total. The van der Waals surface area contributed by atoms with Crippen molar-refractivity contribution in [3.63, 3.8) is 0 Å². The first kappa shape index (κ1) is 18.0. The Morgan fingerprint density at radius 2 is 1.56 bits per heavy atom. The van der Waals surface area contributed by atoms with Crippen molar-refractivity contribution >= 4 is 0 Å². The van der Waals surface area contributed by atoms with Crippen LogP contribution in [0.4, 0.5) is 13.2 Å². The summed E-state index contributed by atoms with van der Waals surface area (Å²) in [6.07, 6.45) is -3.18. The second-order valence-electron chi connectivity index (χ2n) is 7.07. The van der Waals surface area contributed by atoms with Crippen molar-refractivity contribution in [1.29, 1.82) is 0 Å². The summed E-state index contributed by atoms with van der Waals surface area (Å²) in [7, 11) is 1.97. The molecule has 2 unspecified atom stereocenters. The first-order valence-electron chi connectivity index (χ1n) is 8.79. The molecule has 2 aromatic rings. The van der Waals surface area contributed by atoms with Gasteiger partial charge in [-0.15, -0.1) is 0 Å². The Kier molecular flexibility index (Phi) is 4.92. The fraction of sp³-hybridized carbons (Fsp3) is 0.429. The molecule has 0 heterocycles. The van der Waals surface area contributed by atoms with Gasteiger partial charge in [0.15, 0.2) is 0 Å². The lowest BCUT2D eigenvalue weighted by atomic mass is 9.87. The van der Waals surface area contributed by atoms with E-state index in [2.05, 4.69) is 31.3 Å². The SMILES string of the molecule is CNCCC1c2ccc(-c3ccc(C(F)(F)F)cc3)cc2C(C)[C@H]1C. The van der Waals surface area contributed by atoms with E-state index in [0.29, 0.717) is 17.8 Å². The van der Waals surface area contributed by atoms with Crippen molar-refractivity contribution in [2.75, 3.05) is 13.6 Å². The summed E-state index contributed by atoms with van der Waals surface area (Å²) in [5, 5.41) is 3.22. The molecule has 0 amide bonds. The summed E-state index contributed by atoms with van der Waals surface area (Å²) in [5.74, 6) is 1.58. The molecular formula is C21H24F3N. The summed E-state index contributed by atoms with van der Waals surface area (Å²) >= 11 is 0. The zero-order valence-electron chi connectivity index (χ0n) is 14.8. The van der Waals surface area contributed by atoms with E-state index in [-0.39, 0.29) is 0 Å². The molecule has 0 spiro atoms. The van der Waals surface area contributed by atoms with Gasteiger partial charge in [-0.05, 0) is 72.2 Å². The Balaban J connectivity index is 1.91. The van der Waals surface area contributed by atoms with Gasteiger partial charge in [-0.3, -0.25) is 0 Å². The molecule has 0 saturated carbocycles. The minimum atomic E-state index is -4.29. The third kappa shape index (κ3) is 3.45. The van der Waals surface area contributed by atoms with E-state index in [1.807, 2.05) is 13.1 Å². The van der Waals surface area contributed by atoms with Gasteiger partial charge in [-0.2, -0.15) is 13.2 Å². The Hall–Kier alpha value is -1.81. The second kappa shape index (κ2) is 6.83. The molecule has 0 saturated heterocycles. The van der Waals surface area contributed by atoms with Crippen LogP contribution in [-0.4, -0.2) is 13.6 Å². The number of nitrogens with one attached hydrogen (secondary N) is 1. The van der Waals surface area contributed by atoms with Crippen LogP contribution in [0.3, 0.4) is 0 Å². The first-order valence-corrected chi connectivity index (χ1v) is 8.79. The predicted molar refractivity (Wildman–Crippen MR) is 95.7 cm³/mol. The highest BCUT2D eigenvalue weighted by Crippen LogP contribution is 2.48. The van der Waals surface area contributed by atoms with E-state index in [1.165, 1.54) is 11.1 Å². The van der Waals surface area contributed by atoms with Crippen LogP contribution < -0.4 is 5.32 Å². The molecule has 4 heteroatoms. The highest BCUT2D eigenvalue weighted by atomic mass is 19.4. The summed E-state index contributed by atoms with van der Waals surface area (Å²) in [6.45, 7) is 5.53. The maximum atomic E-state index is 12.7. The van der Waals surface area contributed by atoms with Gasteiger partial charge in [-0.25, -0.2) is 0 Å². The smallest absolute Gasteiger partial charge is 0.320 e. The van der Waals surface area contributed by atoms with Gasteiger partial charge in [0, 0.05) is 0 Å². The normalized spacial score (nSPS) is 22.9. The van der Waals surface area contributed by atoms with E-state index >= 15 is 0 Å². The third-order valence-corrected chi connectivity index (χ3v) is 5.65. The van der Waals surface area contributed by atoms with Gasteiger partial charge in [0.25, 0.3) is 0 Å². The van der Waals surface area contributed by atoms with Crippen molar-refractivity contribution in [2.24, 2.45) is 5.92 Å². The summed E-state index contributed by atoms with van der Waals surface area (Å²) in [5.41, 5.74) is 3.94. The van der Waals surface area contributed by atoms with Crippen molar-refractivity contribution in [3.8, 4) is 11.1 Å². The Bertz CT molecular complexity index is 734. The molecular weight excluding hydrogens is 323 g/mol. The lowest BCUT2D eigenvalue weighted by molar-refractivity contribution is -0.137. The van der Waals surface area contributed by atoms with E-state index in [4.69, 9.17) is 0 Å². The zero-order valence-corrected chi connectivity index (χ0v) is 14.8. The fourth-order valence-electron chi connectivity index (χ4n) is 3.97. The van der Waals surface area contributed by atoms with Gasteiger partial charge in [0.05, 0.1) is 5.56 Å². The predicted octanol–water partition coefficient (Wildman–Crippen LogP) is 5.82. The quantitative estimate of drug-likeness (QED) is 0.735. The van der Waals surface area contributed by atoms with Crippen molar-refractivity contribution in [2.45, 2.75) is 38.3 Å².